The quantitative estimate of drug-likeness (QED) is 0.347. The predicted molar refractivity (Wildman–Crippen MR) is 140 cm³/mol. The van der Waals surface area contributed by atoms with Crippen LogP contribution >= 0.6 is 0 Å². The summed E-state index contributed by atoms with van der Waals surface area (Å²) in [5, 5.41) is 0. The summed E-state index contributed by atoms with van der Waals surface area (Å²) in [5.74, 6) is 4.78. The van der Waals surface area contributed by atoms with Crippen LogP contribution in [0.5, 0.6) is 0 Å². The smallest absolute Gasteiger partial charge is 0.302 e. The molecule has 10 atom stereocenters. The molecular formula is C31H52O4. The van der Waals surface area contributed by atoms with Gasteiger partial charge in [-0.05, 0) is 98.2 Å². The molecule has 0 aromatic heterocycles. The Morgan fingerprint density at radius 3 is 2.14 bits per heavy atom. The van der Waals surface area contributed by atoms with Gasteiger partial charge in [0.2, 0.25) is 0 Å². The van der Waals surface area contributed by atoms with Crippen LogP contribution in [0, 0.1) is 52.3 Å². The van der Waals surface area contributed by atoms with E-state index in [-0.39, 0.29) is 29.6 Å². The normalized spacial score (nSPS) is 43.6. The van der Waals surface area contributed by atoms with Gasteiger partial charge >= 0.3 is 11.9 Å². The van der Waals surface area contributed by atoms with Gasteiger partial charge in [-0.15, -0.1) is 0 Å². The standard InChI is InChI=1S/C31H52O4/c1-19(2)9-8-10-20(3)26-13-14-28-25-17-29(35-22(5)33)31(7)18-23(34-21(4)32)11-12-27(31)24(25)15-16-30(26,28)6/h19-20,23-29H,8-18H2,1-7H3/t20-,23-,24-,25-,26+,27-,28-,29-,30-,31-/m1/s1. The first-order chi connectivity index (χ1) is 16.5. The number of rotatable bonds is 7. The van der Waals surface area contributed by atoms with E-state index in [4.69, 9.17) is 9.47 Å². The Morgan fingerprint density at radius 2 is 1.49 bits per heavy atom. The summed E-state index contributed by atoms with van der Waals surface area (Å²) in [4.78, 5) is 23.9. The zero-order valence-electron chi connectivity index (χ0n) is 23.6. The highest BCUT2D eigenvalue weighted by Gasteiger charge is 2.63. The van der Waals surface area contributed by atoms with Crippen molar-refractivity contribution < 1.29 is 19.1 Å². The number of hydrogen-bond acceptors (Lipinski definition) is 4. The van der Waals surface area contributed by atoms with Crippen molar-refractivity contribution in [1.29, 1.82) is 0 Å². The fourth-order valence-electron chi connectivity index (χ4n) is 9.93. The molecule has 200 valence electrons. The topological polar surface area (TPSA) is 52.6 Å². The molecule has 0 amide bonds. The summed E-state index contributed by atoms with van der Waals surface area (Å²) < 4.78 is 11.8. The van der Waals surface area contributed by atoms with Crippen molar-refractivity contribution in [3.05, 3.63) is 0 Å². The Kier molecular flexibility index (Phi) is 7.99. The maximum atomic E-state index is 12.2. The average Bonchev–Trinajstić information content (AvgIpc) is 3.10. The van der Waals surface area contributed by atoms with Crippen LogP contribution < -0.4 is 0 Å². The molecule has 4 rings (SSSR count). The number of hydrogen-bond donors (Lipinski definition) is 0. The molecule has 0 aromatic carbocycles. The molecule has 0 aromatic rings. The van der Waals surface area contributed by atoms with Crippen LogP contribution in [0.1, 0.15) is 119 Å². The Bertz CT molecular complexity index is 776. The van der Waals surface area contributed by atoms with Crippen LogP contribution in [0.4, 0.5) is 0 Å². The van der Waals surface area contributed by atoms with Crippen molar-refractivity contribution in [3.63, 3.8) is 0 Å². The van der Waals surface area contributed by atoms with Gasteiger partial charge < -0.3 is 9.47 Å². The average molecular weight is 489 g/mol. The highest BCUT2D eigenvalue weighted by atomic mass is 16.5. The van der Waals surface area contributed by atoms with Crippen molar-refractivity contribution in [3.8, 4) is 0 Å². The van der Waals surface area contributed by atoms with Gasteiger partial charge in [-0.2, -0.15) is 0 Å². The molecule has 4 aliphatic rings. The van der Waals surface area contributed by atoms with E-state index >= 15 is 0 Å². The molecule has 0 radical (unpaired) electrons. The Hall–Kier alpha value is -1.06. The SMILES string of the molecule is CC(=O)O[C@@H]1CC[C@@H]2[C@@H]3CC[C@@]4(C)[C@H](CC[C@H]4[C@H](C)CCCC(C)C)[C@@H]3C[C@@H](OC(C)=O)[C@]2(C)C1. The minimum Gasteiger partial charge on any atom is -0.463 e. The monoisotopic (exact) mass is 488 g/mol. The van der Waals surface area contributed by atoms with Crippen LogP contribution in [0.3, 0.4) is 0 Å². The third kappa shape index (κ3) is 5.19. The van der Waals surface area contributed by atoms with Gasteiger partial charge in [0, 0.05) is 19.3 Å². The van der Waals surface area contributed by atoms with Gasteiger partial charge in [-0.25, -0.2) is 0 Å². The zero-order chi connectivity index (χ0) is 25.5. The van der Waals surface area contributed by atoms with E-state index in [0.717, 1.165) is 55.3 Å². The lowest BCUT2D eigenvalue weighted by atomic mass is 9.45. The van der Waals surface area contributed by atoms with Crippen molar-refractivity contribution in [2.45, 2.75) is 131 Å². The minimum atomic E-state index is -0.192. The molecule has 0 unspecified atom stereocenters. The van der Waals surface area contributed by atoms with E-state index in [1.54, 1.807) is 6.92 Å². The van der Waals surface area contributed by atoms with Gasteiger partial charge in [0.1, 0.15) is 12.2 Å². The third-order valence-electron chi connectivity index (χ3n) is 11.4. The van der Waals surface area contributed by atoms with Crippen LogP contribution in [0.15, 0.2) is 0 Å². The molecule has 0 N–H and O–H groups in total. The second-order valence-electron chi connectivity index (χ2n) is 13.9. The lowest BCUT2D eigenvalue weighted by Crippen LogP contribution is -2.59. The molecule has 0 aliphatic heterocycles. The zero-order valence-corrected chi connectivity index (χ0v) is 23.6. The van der Waals surface area contributed by atoms with E-state index in [1.807, 2.05) is 0 Å². The number of esters is 2. The lowest BCUT2D eigenvalue weighted by molar-refractivity contribution is -0.200. The van der Waals surface area contributed by atoms with Gasteiger partial charge in [-0.3, -0.25) is 9.59 Å². The van der Waals surface area contributed by atoms with Gasteiger partial charge in [0.15, 0.2) is 0 Å². The molecule has 0 saturated heterocycles. The molecule has 35 heavy (non-hydrogen) atoms. The molecular weight excluding hydrogens is 436 g/mol. The van der Waals surface area contributed by atoms with Crippen molar-refractivity contribution >= 4 is 11.9 Å². The maximum absolute atomic E-state index is 12.2. The molecule has 4 saturated carbocycles. The number of ether oxygens (including phenoxy) is 2. The number of carbonyl (C=O) groups is 2. The fourth-order valence-corrected chi connectivity index (χ4v) is 9.93. The van der Waals surface area contributed by atoms with E-state index in [9.17, 15) is 9.59 Å². The molecule has 4 aliphatic carbocycles. The van der Waals surface area contributed by atoms with Crippen LogP contribution in [0.25, 0.3) is 0 Å². The second-order valence-corrected chi connectivity index (χ2v) is 13.9. The third-order valence-corrected chi connectivity index (χ3v) is 11.4. The molecule has 0 heterocycles. The Morgan fingerprint density at radius 1 is 0.829 bits per heavy atom. The van der Waals surface area contributed by atoms with E-state index in [1.165, 1.54) is 51.9 Å². The fraction of sp³-hybridized carbons (Fsp3) is 0.935. The highest BCUT2D eigenvalue weighted by Crippen LogP contribution is 2.68. The highest BCUT2D eigenvalue weighted by molar-refractivity contribution is 5.66. The van der Waals surface area contributed by atoms with E-state index < -0.39 is 0 Å². The largest absolute Gasteiger partial charge is 0.463 e. The van der Waals surface area contributed by atoms with Crippen molar-refractivity contribution in [2.24, 2.45) is 52.3 Å². The van der Waals surface area contributed by atoms with Crippen LogP contribution in [0.2, 0.25) is 0 Å². The molecule has 4 nitrogen and oxygen atoms in total. The Labute approximate surface area is 214 Å². The van der Waals surface area contributed by atoms with Crippen LogP contribution in [-0.2, 0) is 19.1 Å². The van der Waals surface area contributed by atoms with Crippen molar-refractivity contribution in [2.75, 3.05) is 0 Å². The number of fused-ring (bicyclic) bond motifs is 5. The van der Waals surface area contributed by atoms with E-state index in [0.29, 0.717) is 17.3 Å². The van der Waals surface area contributed by atoms with Gasteiger partial charge in [0.05, 0.1) is 0 Å². The summed E-state index contributed by atoms with van der Waals surface area (Å²) in [5.41, 5.74) is 0.336. The summed E-state index contributed by atoms with van der Waals surface area (Å²) in [6.07, 6.45) is 13.2. The number of carbonyl (C=O) groups excluding carboxylic acids is 2. The van der Waals surface area contributed by atoms with Crippen LogP contribution in [-0.4, -0.2) is 24.1 Å². The molecule has 0 spiro atoms. The Balaban J connectivity index is 1.54. The second kappa shape index (κ2) is 10.4. The summed E-state index contributed by atoms with van der Waals surface area (Å²) in [6, 6.07) is 0. The maximum Gasteiger partial charge on any atom is 0.302 e. The molecule has 0 bridgehead atoms. The molecule has 4 fully saturated rings. The van der Waals surface area contributed by atoms with Crippen molar-refractivity contribution in [1.82, 2.24) is 0 Å². The molecule has 4 heteroatoms. The first kappa shape index (κ1) is 27.0. The summed E-state index contributed by atoms with van der Waals surface area (Å²) in [6.45, 7) is 15.2. The summed E-state index contributed by atoms with van der Waals surface area (Å²) >= 11 is 0. The van der Waals surface area contributed by atoms with E-state index in [2.05, 4.69) is 34.6 Å². The first-order valence-electron chi connectivity index (χ1n) is 14.8. The van der Waals surface area contributed by atoms with Gasteiger partial charge in [-0.1, -0.05) is 53.9 Å². The summed E-state index contributed by atoms with van der Waals surface area (Å²) in [7, 11) is 0. The first-order valence-corrected chi connectivity index (χ1v) is 14.8. The van der Waals surface area contributed by atoms with Gasteiger partial charge in [0.25, 0.3) is 0 Å². The minimum absolute atomic E-state index is 0.0419. The predicted octanol–water partition coefficient (Wildman–Crippen LogP) is 7.58. The lowest BCUT2D eigenvalue weighted by Gasteiger charge is -2.62.